The van der Waals surface area contributed by atoms with Crippen LogP contribution < -0.4 is 61.4 Å². The van der Waals surface area contributed by atoms with Gasteiger partial charge in [-0.05, 0) is 37.6 Å². The van der Waals surface area contributed by atoms with Gasteiger partial charge in [-0.1, -0.05) is 125 Å². The highest BCUT2D eigenvalue weighted by Gasteiger charge is 2.26. The lowest BCUT2D eigenvalue weighted by Crippen LogP contribution is -2.53. The topological polar surface area (TPSA) is 132 Å². The van der Waals surface area contributed by atoms with Crippen LogP contribution in [0.15, 0.2) is 195 Å². The summed E-state index contributed by atoms with van der Waals surface area (Å²) in [5.41, 5.74) is 13.8. The first kappa shape index (κ1) is 53.6. The van der Waals surface area contributed by atoms with Crippen LogP contribution in [-0.2, 0) is 35.8 Å². The number of carbonyl (C=O) groups excluding carboxylic acids is 4. The summed E-state index contributed by atoms with van der Waals surface area (Å²) in [5.74, 6) is -1.67. The Bertz CT molecular complexity index is 3440. The molecule has 8 rings (SSSR count). The highest BCUT2D eigenvalue weighted by atomic mass is 16.2. The number of rotatable bonds is 21. The Morgan fingerprint density at radius 2 is 0.868 bits per heavy atom. The highest BCUT2D eigenvalue weighted by Crippen LogP contribution is 2.20. The average molecular weight is 1000 g/mol. The molecule has 0 radical (unpaired) electrons. The number of benzene rings is 4. The van der Waals surface area contributed by atoms with Crippen molar-refractivity contribution in [3.8, 4) is 22.3 Å². The number of pyridine rings is 4. The summed E-state index contributed by atoms with van der Waals surface area (Å²) in [4.78, 5) is 55.6. The van der Waals surface area contributed by atoms with Crippen molar-refractivity contribution in [1.82, 2.24) is 21.3 Å². The highest BCUT2D eigenvalue weighted by molar-refractivity contribution is 6.34. The van der Waals surface area contributed by atoms with E-state index >= 15 is 0 Å². The van der Waals surface area contributed by atoms with E-state index in [4.69, 9.17) is 0 Å². The Kier molecular flexibility index (Phi) is 18.0. The molecule has 76 heavy (non-hydrogen) atoms. The fourth-order valence-corrected chi connectivity index (χ4v) is 9.06. The summed E-state index contributed by atoms with van der Waals surface area (Å²) in [5, 5.41) is 11.7. The van der Waals surface area contributed by atoms with Gasteiger partial charge in [0, 0.05) is 59.6 Å². The van der Waals surface area contributed by atoms with E-state index in [1.54, 1.807) is 13.1 Å². The number of aromatic nitrogens is 4. The molecule has 0 bridgehead atoms. The van der Waals surface area contributed by atoms with Crippen LogP contribution >= 0.6 is 0 Å². The summed E-state index contributed by atoms with van der Waals surface area (Å²) >= 11 is 0. The second-order valence-corrected chi connectivity index (χ2v) is 19.6. The minimum Gasteiger partial charge on any atom is -0.354 e. The number of nitrogens with zero attached hydrogens (tertiary/aromatic N) is 4. The molecule has 4 aromatic carbocycles. The molecule has 1 atom stereocenters. The molecule has 0 saturated heterocycles. The lowest BCUT2D eigenvalue weighted by atomic mass is 9.90. The Labute approximate surface area is 449 Å². The summed E-state index contributed by atoms with van der Waals surface area (Å²) in [7, 11) is 8.35. The Morgan fingerprint density at radius 3 is 1.30 bits per heavy atom. The number of hydrogen-bond acceptors (Lipinski definition) is 4. The van der Waals surface area contributed by atoms with Crippen LogP contribution in [0.3, 0.4) is 0 Å². The molecule has 16 heteroatoms. The van der Waals surface area contributed by atoms with Crippen molar-refractivity contribution in [1.29, 1.82) is 0 Å². The number of nitrogens with one attached hydrogen (secondary N) is 4. The van der Waals surface area contributed by atoms with Crippen molar-refractivity contribution >= 4 is 76.9 Å². The zero-order chi connectivity index (χ0) is 53.6. The van der Waals surface area contributed by atoms with Gasteiger partial charge in [0.05, 0.1) is 22.3 Å². The molecule has 0 aliphatic heterocycles. The average Bonchev–Trinajstić information content (AvgIpc) is 3.42. The molecule has 4 amide bonds. The molecule has 4 N–H and O–H groups in total. The molecule has 0 fully saturated rings. The van der Waals surface area contributed by atoms with E-state index in [1.165, 1.54) is 22.1 Å². The first-order valence-electron chi connectivity index (χ1n) is 25.8. The van der Waals surface area contributed by atoms with Crippen molar-refractivity contribution < 1.29 is 37.4 Å². The second-order valence-electron chi connectivity index (χ2n) is 19.6. The molecule has 0 spiro atoms. The van der Waals surface area contributed by atoms with Gasteiger partial charge in [0.25, 0.3) is 11.8 Å². The van der Waals surface area contributed by atoms with Crippen LogP contribution in [0.4, 0.5) is 0 Å². The van der Waals surface area contributed by atoms with Crippen molar-refractivity contribution in [3.63, 3.8) is 0 Å². The third kappa shape index (κ3) is 14.6. The molecule has 0 aliphatic carbocycles. The lowest BCUT2D eigenvalue weighted by Gasteiger charge is -2.19. The van der Waals surface area contributed by atoms with Gasteiger partial charge in [0.2, 0.25) is 11.8 Å². The largest absolute Gasteiger partial charge is 0.354 e. The summed E-state index contributed by atoms with van der Waals surface area (Å²) < 4.78 is 8.28. The van der Waals surface area contributed by atoms with E-state index in [0.29, 0.717) is 55.8 Å². The van der Waals surface area contributed by atoms with E-state index in [9.17, 15) is 19.2 Å². The van der Waals surface area contributed by atoms with Crippen LogP contribution in [0.5, 0.6) is 0 Å². The van der Waals surface area contributed by atoms with Crippen LogP contribution in [0.2, 0.25) is 0 Å². The SMILES string of the molecule is Bc1ccccc1C[n+]1cccc(-c2cc(C(=O)NCC(NC(=O)c3cc(-c4ccc[n+](Cc5ccccc5B)c4)c[n+](Cc4ccccc4B)c3)C(=O)NCCCNC(=O)C(=C)C)c[n+](Cc3ccccc3B)c2)c1. The third-order valence-corrected chi connectivity index (χ3v) is 13.6. The maximum atomic E-state index is 14.7. The van der Waals surface area contributed by atoms with E-state index in [2.05, 4.69) is 129 Å². The third-order valence-electron chi connectivity index (χ3n) is 13.6. The molecule has 4 heterocycles. The molecule has 12 nitrogen and oxygen atoms in total. The van der Waals surface area contributed by atoms with Crippen LogP contribution in [0, 0.1) is 0 Å². The minimum absolute atomic E-state index is 0.208. The summed E-state index contributed by atoms with van der Waals surface area (Å²) in [6.07, 6.45) is 16.3. The zero-order valence-electron chi connectivity index (χ0n) is 44.2. The standard InChI is InChI=1S/C60H60B4N8O4/c1-41(2)57(73)65-24-13-25-66-60(76)56(68-59(75)51-29-49(38-72(40-51)36-47-17-6-10-23-55(47)64)43-19-12-27-70(32-43)34-45-15-4-8-21-53(45)62)30-67-58(74)50-28-48(37-71(39-50)35-46-16-5-9-22-54(46)63)42-18-11-26-69(31-42)33-44-14-3-7-20-52(44)61/h3-12,14-23,26-29,31-32,37-40,56H,1,13,24-25,30,33-36,61-64H2,2H3/p+4. The van der Waals surface area contributed by atoms with Gasteiger partial charge in [0.1, 0.15) is 48.6 Å². The van der Waals surface area contributed by atoms with Crippen molar-refractivity contribution in [2.45, 2.75) is 45.6 Å². The monoisotopic (exact) mass is 1000 g/mol. The molecular weight excluding hydrogens is 940 g/mol. The van der Waals surface area contributed by atoms with Gasteiger partial charge in [0.15, 0.2) is 75.8 Å². The number of hydrogen-bond donors (Lipinski definition) is 4. The molecule has 376 valence electrons. The first-order valence-corrected chi connectivity index (χ1v) is 25.8. The van der Waals surface area contributed by atoms with Gasteiger partial charge in [-0.3, -0.25) is 19.2 Å². The summed E-state index contributed by atoms with van der Waals surface area (Å²) in [6.45, 7) is 7.99. The van der Waals surface area contributed by atoms with Crippen LogP contribution in [-0.4, -0.2) is 80.7 Å². The van der Waals surface area contributed by atoms with Crippen molar-refractivity contribution in [2.75, 3.05) is 19.6 Å². The van der Waals surface area contributed by atoms with Gasteiger partial charge in [-0.25, -0.2) is 9.13 Å². The molecule has 0 aliphatic rings. The van der Waals surface area contributed by atoms with Gasteiger partial charge < -0.3 is 21.3 Å². The van der Waals surface area contributed by atoms with E-state index < -0.39 is 23.8 Å². The molecule has 8 aromatic rings. The lowest BCUT2D eigenvalue weighted by molar-refractivity contribution is -0.689. The fourth-order valence-electron chi connectivity index (χ4n) is 9.06. The Morgan fingerprint density at radius 1 is 0.474 bits per heavy atom. The van der Waals surface area contributed by atoms with E-state index in [-0.39, 0.29) is 19.0 Å². The number of carbonyl (C=O) groups is 4. The van der Waals surface area contributed by atoms with E-state index in [0.717, 1.165) is 44.3 Å². The maximum absolute atomic E-state index is 14.7. The molecule has 4 aromatic heterocycles. The van der Waals surface area contributed by atoms with Crippen LogP contribution in [0.25, 0.3) is 22.3 Å². The van der Waals surface area contributed by atoms with Gasteiger partial charge in [-0.2, -0.15) is 9.13 Å². The van der Waals surface area contributed by atoms with Gasteiger partial charge in [-0.15, -0.1) is 0 Å². The molecular formula is C60H64B4N8O4+4. The smallest absolute Gasteiger partial charge is 0.258 e. The quantitative estimate of drug-likeness (QED) is 0.0323. The van der Waals surface area contributed by atoms with Crippen molar-refractivity contribution in [3.05, 3.63) is 229 Å². The first-order chi connectivity index (χ1) is 36.8. The minimum atomic E-state index is -1.18. The Hall–Kier alpha value is -8.64. The van der Waals surface area contributed by atoms with Gasteiger partial charge >= 0.3 is 0 Å². The maximum Gasteiger partial charge on any atom is 0.258 e. The predicted molar refractivity (Wildman–Crippen MR) is 308 cm³/mol. The van der Waals surface area contributed by atoms with Crippen molar-refractivity contribution in [2.24, 2.45) is 0 Å². The molecule has 0 saturated carbocycles. The zero-order valence-corrected chi connectivity index (χ0v) is 44.2. The Balaban J connectivity index is 1.09. The van der Waals surface area contributed by atoms with E-state index in [1.807, 2.05) is 125 Å². The fraction of sp³-hybridized carbons (Fsp3) is 0.167. The predicted octanol–water partition coefficient (Wildman–Crippen LogP) is -0.876. The number of amides is 4. The molecule has 1 unspecified atom stereocenters. The van der Waals surface area contributed by atoms with Crippen LogP contribution in [0.1, 0.15) is 56.3 Å². The normalized spacial score (nSPS) is 11.3. The second kappa shape index (κ2) is 25.5. The summed E-state index contributed by atoms with van der Waals surface area (Å²) in [6, 6.07) is 43.5.